The number of nitrogens with zero attached hydrogens (tertiary/aromatic N) is 1. The molecule has 1 amide bonds. The molecule has 3 aromatic carbocycles. The van der Waals surface area contributed by atoms with E-state index in [1.54, 1.807) is 37.4 Å². The standard InChI is InChI=1S/C29H36N2O6S/c1-36-24-13-9-12-23(18-24)20-31(21-27(32)26(30)19-22-10-5-3-6-11-22)29(33)28(37-2)16-17-38(34,35)25-14-7-4-8-15-25/h3-15,18,26-28,32H,16-17,19-21,30H2,1-2H3/t26-,27+,28?/m0/s1. The fraction of sp³-hybridized carbons (Fsp3) is 0.345. The number of aliphatic hydroxyl groups excluding tert-OH is 1. The number of benzene rings is 3. The van der Waals surface area contributed by atoms with E-state index in [4.69, 9.17) is 15.2 Å². The molecular weight excluding hydrogens is 504 g/mol. The number of nitrogens with two attached hydrogens (primary N) is 1. The Morgan fingerprint density at radius 1 is 0.947 bits per heavy atom. The van der Waals surface area contributed by atoms with Gasteiger partial charge < -0.3 is 25.2 Å². The smallest absolute Gasteiger partial charge is 0.252 e. The van der Waals surface area contributed by atoms with Crippen LogP contribution >= 0.6 is 0 Å². The lowest BCUT2D eigenvalue weighted by Gasteiger charge is -2.31. The zero-order valence-electron chi connectivity index (χ0n) is 21.8. The summed E-state index contributed by atoms with van der Waals surface area (Å²) in [5.41, 5.74) is 8.07. The Bertz CT molecular complexity index is 1250. The third kappa shape index (κ3) is 8.39. The molecule has 9 heteroatoms. The number of amides is 1. The molecule has 3 N–H and O–H groups in total. The van der Waals surface area contributed by atoms with E-state index in [2.05, 4.69) is 0 Å². The van der Waals surface area contributed by atoms with E-state index in [-0.39, 0.29) is 30.2 Å². The summed E-state index contributed by atoms with van der Waals surface area (Å²) in [7, 11) is -0.668. The fourth-order valence-electron chi connectivity index (χ4n) is 4.16. The van der Waals surface area contributed by atoms with Crippen molar-refractivity contribution >= 4 is 15.7 Å². The monoisotopic (exact) mass is 540 g/mol. The molecule has 0 aliphatic carbocycles. The zero-order chi connectivity index (χ0) is 27.5. The maximum atomic E-state index is 13.6. The number of hydrogen-bond donors (Lipinski definition) is 2. The molecule has 0 bridgehead atoms. The maximum absolute atomic E-state index is 13.6. The van der Waals surface area contributed by atoms with Crippen LogP contribution in [0.3, 0.4) is 0 Å². The summed E-state index contributed by atoms with van der Waals surface area (Å²) in [4.78, 5) is 15.3. The van der Waals surface area contributed by atoms with Crippen LogP contribution in [0.2, 0.25) is 0 Å². The van der Waals surface area contributed by atoms with Gasteiger partial charge in [-0.15, -0.1) is 0 Å². The Kier molecular flexibility index (Phi) is 10.8. The van der Waals surface area contributed by atoms with Crippen LogP contribution in [0.15, 0.2) is 89.8 Å². The number of carbonyl (C=O) groups is 1. The van der Waals surface area contributed by atoms with Crippen LogP contribution in [0.25, 0.3) is 0 Å². The lowest BCUT2D eigenvalue weighted by Crippen LogP contribution is -2.49. The summed E-state index contributed by atoms with van der Waals surface area (Å²) in [5, 5.41) is 11.0. The molecule has 0 aliphatic heterocycles. The van der Waals surface area contributed by atoms with Crippen molar-refractivity contribution in [2.24, 2.45) is 5.73 Å². The molecule has 3 rings (SSSR count). The number of carbonyl (C=O) groups excluding carboxylic acids is 1. The van der Waals surface area contributed by atoms with Gasteiger partial charge in [0.05, 0.1) is 23.9 Å². The minimum atomic E-state index is -3.60. The molecule has 0 aromatic heterocycles. The molecule has 8 nitrogen and oxygen atoms in total. The van der Waals surface area contributed by atoms with Gasteiger partial charge in [-0.3, -0.25) is 4.79 Å². The Morgan fingerprint density at radius 2 is 1.58 bits per heavy atom. The van der Waals surface area contributed by atoms with Gasteiger partial charge in [0.2, 0.25) is 0 Å². The van der Waals surface area contributed by atoms with Crippen LogP contribution in [0.4, 0.5) is 0 Å². The van der Waals surface area contributed by atoms with Crippen molar-refractivity contribution in [3.63, 3.8) is 0 Å². The largest absolute Gasteiger partial charge is 0.497 e. The van der Waals surface area contributed by atoms with E-state index in [9.17, 15) is 18.3 Å². The number of ether oxygens (including phenoxy) is 2. The van der Waals surface area contributed by atoms with Crippen molar-refractivity contribution in [2.75, 3.05) is 26.5 Å². The van der Waals surface area contributed by atoms with Crippen molar-refractivity contribution in [3.8, 4) is 5.75 Å². The molecule has 204 valence electrons. The summed E-state index contributed by atoms with van der Waals surface area (Å²) >= 11 is 0. The summed E-state index contributed by atoms with van der Waals surface area (Å²) in [6.45, 7) is 0.117. The zero-order valence-corrected chi connectivity index (χ0v) is 22.6. The minimum Gasteiger partial charge on any atom is -0.497 e. The summed E-state index contributed by atoms with van der Waals surface area (Å²) in [5.74, 6) is -0.0531. The molecule has 0 heterocycles. The molecule has 0 saturated carbocycles. The number of methoxy groups -OCH3 is 2. The lowest BCUT2D eigenvalue weighted by atomic mass is 10.0. The third-order valence-electron chi connectivity index (χ3n) is 6.35. The minimum absolute atomic E-state index is 0.0344. The van der Waals surface area contributed by atoms with Crippen LogP contribution in [0.1, 0.15) is 17.5 Å². The predicted octanol–water partition coefficient (Wildman–Crippen LogP) is 2.83. The summed E-state index contributed by atoms with van der Waals surface area (Å²) in [6, 6.07) is 24.3. The highest BCUT2D eigenvalue weighted by atomic mass is 32.2. The molecule has 0 spiro atoms. The van der Waals surface area contributed by atoms with Crippen LogP contribution < -0.4 is 10.5 Å². The molecule has 3 aromatic rings. The topological polar surface area (TPSA) is 119 Å². The van der Waals surface area contributed by atoms with E-state index in [1.165, 1.54) is 24.1 Å². The summed E-state index contributed by atoms with van der Waals surface area (Å²) in [6.07, 6.45) is -1.63. The summed E-state index contributed by atoms with van der Waals surface area (Å²) < 4.78 is 36.3. The van der Waals surface area contributed by atoms with E-state index in [1.807, 2.05) is 42.5 Å². The van der Waals surface area contributed by atoms with Crippen molar-refractivity contribution < 1.29 is 27.8 Å². The van der Waals surface area contributed by atoms with Gasteiger partial charge in [0.25, 0.3) is 5.91 Å². The van der Waals surface area contributed by atoms with Gasteiger partial charge >= 0.3 is 0 Å². The molecule has 38 heavy (non-hydrogen) atoms. The van der Waals surface area contributed by atoms with Gasteiger partial charge in [-0.1, -0.05) is 60.7 Å². The second kappa shape index (κ2) is 14.1. The highest BCUT2D eigenvalue weighted by Gasteiger charge is 2.29. The first-order valence-electron chi connectivity index (χ1n) is 12.4. The molecular formula is C29H36N2O6S. The van der Waals surface area contributed by atoms with E-state index in [0.717, 1.165) is 11.1 Å². The van der Waals surface area contributed by atoms with Crippen molar-refractivity contribution in [3.05, 3.63) is 96.1 Å². The quantitative estimate of drug-likeness (QED) is 0.323. The van der Waals surface area contributed by atoms with E-state index < -0.39 is 34.0 Å². The van der Waals surface area contributed by atoms with Gasteiger partial charge in [0.1, 0.15) is 11.9 Å². The third-order valence-corrected chi connectivity index (χ3v) is 8.11. The van der Waals surface area contributed by atoms with Crippen molar-refractivity contribution in [1.29, 1.82) is 0 Å². The molecule has 0 aliphatic rings. The van der Waals surface area contributed by atoms with Gasteiger partial charge in [0.15, 0.2) is 9.84 Å². The SMILES string of the molecule is COc1cccc(CN(C[C@@H](O)[C@@H](N)Cc2ccccc2)C(=O)C(CCS(=O)(=O)c2ccccc2)OC)c1. The Balaban J connectivity index is 1.77. The Hall–Kier alpha value is -3.24. The highest BCUT2D eigenvalue weighted by Crippen LogP contribution is 2.18. The van der Waals surface area contributed by atoms with Gasteiger partial charge in [-0.2, -0.15) is 0 Å². The first kappa shape index (κ1) is 29.3. The molecule has 0 saturated heterocycles. The number of sulfone groups is 1. The lowest BCUT2D eigenvalue weighted by molar-refractivity contribution is -0.144. The highest BCUT2D eigenvalue weighted by molar-refractivity contribution is 7.91. The van der Waals surface area contributed by atoms with E-state index >= 15 is 0 Å². The number of rotatable bonds is 14. The maximum Gasteiger partial charge on any atom is 0.252 e. The van der Waals surface area contributed by atoms with Crippen LogP contribution in [0.5, 0.6) is 5.75 Å². The molecule has 0 fully saturated rings. The molecule has 1 unspecified atom stereocenters. The average Bonchev–Trinajstić information content (AvgIpc) is 2.94. The van der Waals surface area contributed by atoms with E-state index in [0.29, 0.717) is 12.2 Å². The predicted molar refractivity (Wildman–Crippen MR) is 146 cm³/mol. The second-order valence-corrected chi connectivity index (χ2v) is 11.2. The normalized spacial score (nSPS) is 13.9. The Labute approximate surface area is 224 Å². The number of aliphatic hydroxyl groups is 1. The first-order chi connectivity index (χ1) is 18.2. The fourth-order valence-corrected chi connectivity index (χ4v) is 5.49. The van der Waals surface area contributed by atoms with Crippen molar-refractivity contribution in [1.82, 2.24) is 4.90 Å². The van der Waals surface area contributed by atoms with Crippen molar-refractivity contribution in [2.45, 2.75) is 42.5 Å². The van der Waals surface area contributed by atoms with Crippen LogP contribution in [-0.2, 0) is 32.3 Å². The van der Waals surface area contributed by atoms with Gasteiger partial charge in [0, 0.05) is 26.2 Å². The van der Waals surface area contributed by atoms with Gasteiger partial charge in [-0.25, -0.2) is 8.42 Å². The van der Waals surface area contributed by atoms with Gasteiger partial charge in [-0.05, 0) is 48.2 Å². The Morgan fingerprint density at radius 3 is 2.21 bits per heavy atom. The van der Waals surface area contributed by atoms with Crippen LogP contribution in [0, 0.1) is 0 Å². The van der Waals surface area contributed by atoms with Crippen LogP contribution in [-0.4, -0.2) is 69.1 Å². The first-order valence-corrected chi connectivity index (χ1v) is 14.1. The average molecular weight is 541 g/mol. The molecule has 0 radical (unpaired) electrons. The molecule has 3 atom stereocenters. The number of hydrogen-bond acceptors (Lipinski definition) is 7. The second-order valence-electron chi connectivity index (χ2n) is 9.14.